The van der Waals surface area contributed by atoms with E-state index in [1.165, 1.54) is 11.9 Å². The van der Waals surface area contributed by atoms with Crippen molar-refractivity contribution in [3.63, 3.8) is 0 Å². The number of hydrogen-bond donors (Lipinski definition) is 3. The van der Waals surface area contributed by atoms with Gasteiger partial charge in [0.05, 0.1) is 6.10 Å². The number of carboxylic acid groups (broad SMARTS) is 1. The van der Waals surface area contributed by atoms with Gasteiger partial charge in [-0.2, -0.15) is 0 Å². The molecule has 0 aromatic carbocycles. The number of likely N-dealkylation sites (N-methyl/N-ethyl adjacent to an activating group) is 1. The first kappa shape index (κ1) is 16.2. The number of urea groups is 1. The van der Waals surface area contributed by atoms with E-state index in [0.717, 1.165) is 4.90 Å². The van der Waals surface area contributed by atoms with Crippen molar-refractivity contribution in [2.24, 2.45) is 0 Å². The Kier molecular flexibility index (Phi) is 5.75. The summed E-state index contributed by atoms with van der Waals surface area (Å²) in [5, 5.41) is 21.1. The summed E-state index contributed by atoms with van der Waals surface area (Å²) in [5.41, 5.74) is 0. The molecule has 1 fully saturated rings. The van der Waals surface area contributed by atoms with Gasteiger partial charge in [0.25, 0.3) is 0 Å². The highest BCUT2D eigenvalue weighted by Gasteiger charge is 2.40. The lowest BCUT2D eigenvalue weighted by Gasteiger charge is -2.29. The monoisotopic (exact) mass is 287 g/mol. The molecule has 1 rings (SSSR count). The van der Waals surface area contributed by atoms with Gasteiger partial charge in [0.2, 0.25) is 5.91 Å². The number of β-amino-alcohol motifs (C(OH)–C–C–N with tert-alkyl or cyclic N) is 1. The fraction of sp³-hybridized carbons (Fsp3) is 0.750. The number of amides is 3. The van der Waals surface area contributed by atoms with Gasteiger partial charge in [-0.1, -0.05) is 6.92 Å². The maximum Gasteiger partial charge on any atom is 0.326 e. The molecule has 1 saturated heterocycles. The number of carbonyl (C=O) groups excluding carboxylic acids is 2. The minimum atomic E-state index is -1.15. The molecule has 8 heteroatoms. The highest BCUT2D eigenvalue weighted by Crippen LogP contribution is 2.20. The van der Waals surface area contributed by atoms with Crippen molar-refractivity contribution < 1.29 is 24.6 Å². The van der Waals surface area contributed by atoms with Gasteiger partial charge in [0.15, 0.2) is 0 Å². The van der Waals surface area contributed by atoms with Gasteiger partial charge < -0.3 is 25.3 Å². The first-order valence-electron chi connectivity index (χ1n) is 6.57. The van der Waals surface area contributed by atoms with Gasteiger partial charge in [-0.25, -0.2) is 9.59 Å². The molecule has 0 unspecified atom stereocenters. The summed E-state index contributed by atoms with van der Waals surface area (Å²) in [6, 6.07) is -1.57. The van der Waals surface area contributed by atoms with Crippen molar-refractivity contribution in [2.75, 3.05) is 26.7 Å². The molecule has 0 spiro atoms. The summed E-state index contributed by atoms with van der Waals surface area (Å²) in [4.78, 5) is 37.3. The van der Waals surface area contributed by atoms with E-state index in [-0.39, 0.29) is 25.4 Å². The molecule has 3 N–H and O–H groups in total. The number of aliphatic carboxylic acids is 1. The van der Waals surface area contributed by atoms with Crippen LogP contribution in [0.2, 0.25) is 0 Å². The predicted octanol–water partition coefficient (Wildman–Crippen LogP) is -0.916. The van der Waals surface area contributed by atoms with Crippen LogP contribution < -0.4 is 5.32 Å². The molecule has 1 aliphatic rings. The maximum atomic E-state index is 12.3. The predicted molar refractivity (Wildman–Crippen MR) is 70.1 cm³/mol. The van der Waals surface area contributed by atoms with Gasteiger partial charge in [-0.3, -0.25) is 4.79 Å². The van der Waals surface area contributed by atoms with Crippen LogP contribution in [0.5, 0.6) is 0 Å². The zero-order chi connectivity index (χ0) is 15.3. The minimum Gasteiger partial charge on any atom is -0.480 e. The number of likely N-dealkylation sites (tertiary alicyclic amines) is 1. The second-order valence-corrected chi connectivity index (χ2v) is 4.77. The Balaban J connectivity index is 2.82. The topological polar surface area (TPSA) is 110 Å². The Morgan fingerprint density at radius 3 is 2.55 bits per heavy atom. The van der Waals surface area contributed by atoms with Crippen LogP contribution in [0.25, 0.3) is 0 Å². The van der Waals surface area contributed by atoms with E-state index in [2.05, 4.69) is 5.32 Å². The van der Waals surface area contributed by atoms with Crippen LogP contribution in [-0.2, 0) is 9.59 Å². The summed E-state index contributed by atoms with van der Waals surface area (Å²) in [7, 11) is 1.47. The highest BCUT2D eigenvalue weighted by atomic mass is 16.4. The molecule has 0 aromatic heterocycles. The second kappa shape index (κ2) is 7.09. The van der Waals surface area contributed by atoms with Crippen molar-refractivity contribution in [1.82, 2.24) is 15.1 Å². The van der Waals surface area contributed by atoms with E-state index in [4.69, 9.17) is 5.11 Å². The van der Waals surface area contributed by atoms with Crippen LogP contribution >= 0.6 is 0 Å². The van der Waals surface area contributed by atoms with Crippen LogP contribution in [0.4, 0.5) is 4.79 Å². The SMILES string of the molecule is CCCN(CC(=O)NC)C(=O)N1C[C@@H](O)C[C@H]1C(=O)O. The van der Waals surface area contributed by atoms with Crippen molar-refractivity contribution in [3.05, 3.63) is 0 Å². The van der Waals surface area contributed by atoms with Gasteiger partial charge in [0.1, 0.15) is 12.6 Å². The fourth-order valence-corrected chi connectivity index (χ4v) is 2.21. The van der Waals surface area contributed by atoms with Crippen molar-refractivity contribution in [1.29, 1.82) is 0 Å². The smallest absolute Gasteiger partial charge is 0.326 e. The Morgan fingerprint density at radius 1 is 1.40 bits per heavy atom. The molecule has 114 valence electrons. The first-order valence-corrected chi connectivity index (χ1v) is 6.57. The highest BCUT2D eigenvalue weighted by molar-refractivity contribution is 5.87. The molecule has 0 bridgehead atoms. The molecule has 2 atom stereocenters. The number of hydrogen-bond acceptors (Lipinski definition) is 4. The van der Waals surface area contributed by atoms with Crippen molar-refractivity contribution in [2.45, 2.75) is 31.9 Å². The first-order chi connectivity index (χ1) is 9.40. The lowest BCUT2D eigenvalue weighted by Crippen LogP contribution is -2.50. The van der Waals surface area contributed by atoms with E-state index >= 15 is 0 Å². The zero-order valence-electron chi connectivity index (χ0n) is 11.7. The van der Waals surface area contributed by atoms with Crippen LogP contribution in [0.15, 0.2) is 0 Å². The lowest BCUT2D eigenvalue weighted by atomic mass is 10.2. The Hall–Kier alpha value is -1.83. The van der Waals surface area contributed by atoms with Gasteiger partial charge in [0, 0.05) is 26.6 Å². The van der Waals surface area contributed by atoms with Crippen molar-refractivity contribution >= 4 is 17.9 Å². The normalized spacial score (nSPS) is 21.6. The molecule has 0 radical (unpaired) electrons. The van der Waals surface area contributed by atoms with E-state index in [1.807, 2.05) is 6.92 Å². The van der Waals surface area contributed by atoms with Crippen LogP contribution in [0.1, 0.15) is 19.8 Å². The Bertz CT molecular complexity index is 387. The zero-order valence-corrected chi connectivity index (χ0v) is 11.7. The van der Waals surface area contributed by atoms with Gasteiger partial charge in [-0.15, -0.1) is 0 Å². The summed E-state index contributed by atoms with van der Waals surface area (Å²) in [6.45, 7) is 2.06. The maximum absolute atomic E-state index is 12.3. The molecule has 1 heterocycles. The largest absolute Gasteiger partial charge is 0.480 e. The fourth-order valence-electron chi connectivity index (χ4n) is 2.21. The second-order valence-electron chi connectivity index (χ2n) is 4.77. The number of aliphatic hydroxyl groups is 1. The third-order valence-corrected chi connectivity index (χ3v) is 3.19. The number of nitrogens with one attached hydrogen (secondary N) is 1. The summed E-state index contributed by atoms with van der Waals surface area (Å²) < 4.78 is 0. The van der Waals surface area contributed by atoms with E-state index in [9.17, 15) is 19.5 Å². The van der Waals surface area contributed by atoms with Gasteiger partial charge >= 0.3 is 12.0 Å². The molecule has 8 nitrogen and oxygen atoms in total. The number of carboxylic acids is 1. The molecule has 20 heavy (non-hydrogen) atoms. The van der Waals surface area contributed by atoms with Crippen LogP contribution in [0.3, 0.4) is 0 Å². The molecule has 1 aliphatic heterocycles. The molecule has 3 amide bonds. The molecule has 0 aliphatic carbocycles. The third-order valence-electron chi connectivity index (χ3n) is 3.19. The summed E-state index contributed by atoms with van der Waals surface area (Å²) >= 11 is 0. The Morgan fingerprint density at radius 2 is 2.05 bits per heavy atom. The standard InChI is InChI=1S/C12H21N3O5/c1-3-4-14(7-10(17)13-2)12(20)15-6-8(16)5-9(15)11(18)19/h8-9,16H,3-7H2,1-2H3,(H,13,17)(H,18,19)/t8-,9-/m0/s1. The van der Waals surface area contributed by atoms with E-state index in [0.29, 0.717) is 13.0 Å². The molecule has 0 saturated carbocycles. The van der Waals surface area contributed by atoms with E-state index in [1.54, 1.807) is 0 Å². The van der Waals surface area contributed by atoms with Crippen LogP contribution in [-0.4, -0.2) is 76.7 Å². The minimum absolute atomic E-state index is 0.0149. The molecule has 0 aromatic rings. The average Bonchev–Trinajstić information content (AvgIpc) is 2.79. The van der Waals surface area contributed by atoms with Crippen LogP contribution in [0, 0.1) is 0 Å². The Labute approximate surface area is 117 Å². The van der Waals surface area contributed by atoms with E-state index < -0.39 is 24.1 Å². The quantitative estimate of drug-likeness (QED) is 0.606. The van der Waals surface area contributed by atoms with Gasteiger partial charge in [-0.05, 0) is 6.42 Å². The summed E-state index contributed by atoms with van der Waals surface area (Å²) in [5.74, 6) is -1.47. The summed E-state index contributed by atoms with van der Waals surface area (Å²) in [6.07, 6.45) is -0.179. The third kappa shape index (κ3) is 3.83. The number of aliphatic hydroxyl groups excluding tert-OH is 1. The molecular weight excluding hydrogens is 266 g/mol. The molecular formula is C12H21N3O5. The number of nitrogens with zero attached hydrogens (tertiary/aromatic N) is 2. The average molecular weight is 287 g/mol. The van der Waals surface area contributed by atoms with Crippen molar-refractivity contribution in [3.8, 4) is 0 Å². The number of carbonyl (C=O) groups is 3. The lowest BCUT2D eigenvalue weighted by molar-refractivity contribution is -0.141. The number of rotatable bonds is 5.